The molecule has 9 rings (SSSR count). The monoisotopic (exact) mass is 535 g/mol. The molecule has 0 spiro atoms. The molecule has 0 saturated carbocycles. The fraction of sp³-hybridized carbons (Fsp3) is 0. The Kier molecular flexibility index (Phi) is 4.90. The van der Waals surface area contributed by atoms with Crippen molar-refractivity contribution >= 4 is 54.4 Å². The van der Waals surface area contributed by atoms with Gasteiger partial charge >= 0.3 is 0 Å². The predicted octanol–water partition coefficient (Wildman–Crippen LogP) is 10.1. The molecule has 0 bridgehead atoms. The molecule has 0 radical (unpaired) electrons. The lowest BCUT2D eigenvalue weighted by molar-refractivity contribution is 1.08. The lowest BCUT2D eigenvalue weighted by atomic mass is 10.0. The van der Waals surface area contributed by atoms with Crippen molar-refractivity contribution in [2.24, 2.45) is 0 Å². The van der Waals surface area contributed by atoms with E-state index in [4.69, 9.17) is 4.98 Å². The second-order valence-electron chi connectivity index (χ2n) is 10.8. The summed E-state index contributed by atoms with van der Waals surface area (Å²) in [5.74, 6) is 0.911. The second kappa shape index (κ2) is 8.92. The van der Waals surface area contributed by atoms with Gasteiger partial charge in [-0.3, -0.25) is 4.57 Å². The molecule has 0 atom stereocenters. The third-order valence-electron chi connectivity index (χ3n) is 8.55. The fourth-order valence-corrected chi connectivity index (χ4v) is 6.73. The zero-order valence-electron chi connectivity index (χ0n) is 22.8. The standard InChI is InChI=1S/C39H25N3/c1-3-11-26(12-4-1)28-20-24-36(40-25-28)42-33-18-10-9-17-31(33)32-21-23-35-38(39(32)42)37-30-16-8-7-13-27(30)19-22-34(37)41(35)29-14-5-2-6-15-29/h1-25H. The number of para-hydroxylation sites is 2. The molecule has 0 unspecified atom stereocenters. The average molecular weight is 536 g/mol. The molecule has 42 heavy (non-hydrogen) atoms. The zero-order chi connectivity index (χ0) is 27.6. The van der Waals surface area contributed by atoms with E-state index in [1.165, 1.54) is 54.4 Å². The minimum atomic E-state index is 0.911. The molecule has 3 nitrogen and oxygen atoms in total. The molecule has 0 saturated heterocycles. The number of hydrogen-bond donors (Lipinski definition) is 0. The molecular formula is C39H25N3. The predicted molar refractivity (Wildman–Crippen MR) is 176 cm³/mol. The Bertz CT molecular complexity index is 2430. The molecule has 0 aliphatic carbocycles. The molecule has 196 valence electrons. The van der Waals surface area contributed by atoms with Crippen LogP contribution < -0.4 is 0 Å². The number of pyridine rings is 1. The van der Waals surface area contributed by atoms with Gasteiger partial charge in [0.2, 0.25) is 0 Å². The topological polar surface area (TPSA) is 22.8 Å². The number of hydrogen-bond acceptors (Lipinski definition) is 1. The maximum Gasteiger partial charge on any atom is 0.137 e. The van der Waals surface area contributed by atoms with E-state index in [-0.39, 0.29) is 0 Å². The summed E-state index contributed by atoms with van der Waals surface area (Å²) in [4.78, 5) is 5.07. The van der Waals surface area contributed by atoms with Crippen molar-refractivity contribution in [3.8, 4) is 22.6 Å². The van der Waals surface area contributed by atoms with Gasteiger partial charge in [-0.25, -0.2) is 4.98 Å². The van der Waals surface area contributed by atoms with Crippen molar-refractivity contribution < 1.29 is 0 Å². The summed E-state index contributed by atoms with van der Waals surface area (Å²) in [6.07, 6.45) is 1.99. The summed E-state index contributed by atoms with van der Waals surface area (Å²) >= 11 is 0. The van der Waals surface area contributed by atoms with Gasteiger partial charge < -0.3 is 4.57 Å². The van der Waals surface area contributed by atoms with Gasteiger partial charge in [0.1, 0.15) is 5.82 Å². The van der Waals surface area contributed by atoms with Crippen LogP contribution in [0.4, 0.5) is 0 Å². The number of fused-ring (bicyclic) bond motifs is 9. The van der Waals surface area contributed by atoms with Crippen molar-refractivity contribution in [3.05, 3.63) is 152 Å². The van der Waals surface area contributed by atoms with Gasteiger partial charge in [0, 0.05) is 39.0 Å². The summed E-state index contributed by atoms with van der Waals surface area (Å²) in [6, 6.07) is 52.0. The van der Waals surface area contributed by atoms with Crippen LogP contribution in [-0.4, -0.2) is 14.1 Å². The smallest absolute Gasteiger partial charge is 0.137 e. The van der Waals surface area contributed by atoms with Crippen molar-refractivity contribution in [3.63, 3.8) is 0 Å². The van der Waals surface area contributed by atoms with E-state index in [1.807, 2.05) is 12.3 Å². The molecule has 3 heterocycles. The van der Waals surface area contributed by atoms with Crippen molar-refractivity contribution in [1.82, 2.24) is 14.1 Å². The molecule has 6 aromatic carbocycles. The molecule has 3 aromatic heterocycles. The Labute approximate surface area is 242 Å². The SMILES string of the molecule is c1ccc(-c2ccc(-n3c4ccccc4c4ccc5c(c6c7ccccc7ccc6n5-c5ccccc5)c43)nc2)cc1. The summed E-state index contributed by atoms with van der Waals surface area (Å²) in [7, 11) is 0. The Balaban J connectivity index is 1.47. The first kappa shape index (κ1) is 23.1. The highest BCUT2D eigenvalue weighted by Crippen LogP contribution is 2.43. The van der Waals surface area contributed by atoms with E-state index in [9.17, 15) is 0 Å². The number of nitrogens with zero attached hydrogens (tertiary/aromatic N) is 3. The molecule has 0 fully saturated rings. The Morgan fingerprint density at radius 2 is 1.10 bits per heavy atom. The molecule has 9 aromatic rings. The quantitative estimate of drug-likeness (QED) is 0.221. The van der Waals surface area contributed by atoms with Gasteiger partial charge in [-0.15, -0.1) is 0 Å². The largest absolute Gasteiger partial charge is 0.309 e. The Hall–Kier alpha value is -5.67. The molecule has 0 amide bonds. The Morgan fingerprint density at radius 3 is 1.90 bits per heavy atom. The number of aromatic nitrogens is 3. The highest BCUT2D eigenvalue weighted by molar-refractivity contribution is 6.31. The molecule has 0 aliphatic heterocycles. The first-order valence-electron chi connectivity index (χ1n) is 14.3. The molecule has 0 N–H and O–H groups in total. The van der Waals surface area contributed by atoms with Crippen LogP contribution in [0, 0.1) is 0 Å². The number of rotatable bonds is 3. The van der Waals surface area contributed by atoms with E-state index < -0.39 is 0 Å². The van der Waals surface area contributed by atoms with Gasteiger partial charge in [0.25, 0.3) is 0 Å². The van der Waals surface area contributed by atoms with Gasteiger partial charge in [0.15, 0.2) is 0 Å². The third kappa shape index (κ3) is 3.25. The lowest BCUT2D eigenvalue weighted by Gasteiger charge is -2.10. The van der Waals surface area contributed by atoms with Crippen molar-refractivity contribution in [2.75, 3.05) is 0 Å². The number of benzene rings is 6. The van der Waals surface area contributed by atoms with E-state index in [0.717, 1.165) is 22.6 Å². The second-order valence-corrected chi connectivity index (χ2v) is 10.8. The first-order valence-corrected chi connectivity index (χ1v) is 14.3. The van der Waals surface area contributed by atoms with Crippen molar-refractivity contribution in [2.45, 2.75) is 0 Å². The maximum atomic E-state index is 5.07. The highest BCUT2D eigenvalue weighted by Gasteiger charge is 2.22. The normalized spacial score (nSPS) is 11.8. The van der Waals surface area contributed by atoms with Crippen LogP contribution in [0.2, 0.25) is 0 Å². The average Bonchev–Trinajstić information content (AvgIpc) is 3.59. The summed E-state index contributed by atoms with van der Waals surface area (Å²) < 4.78 is 4.77. The summed E-state index contributed by atoms with van der Waals surface area (Å²) in [5, 5.41) is 7.46. The van der Waals surface area contributed by atoms with Gasteiger partial charge in [-0.05, 0) is 58.8 Å². The zero-order valence-corrected chi connectivity index (χ0v) is 22.8. The van der Waals surface area contributed by atoms with Crippen LogP contribution in [0.5, 0.6) is 0 Å². The van der Waals surface area contributed by atoms with Crippen LogP contribution in [0.1, 0.15) is 0 Å². The minimum absolute atomic E-state index is 0.911. The molecule has 3 heteroatoms. The Morgan fingerprint density at radius 1 is 0.405 bits per heavy atom. The fourth-order valence-electron chi connectivity index (χ4n) is 6.73. The van der Waals surface area contributed by atoms with Crippen LogP contribution in [0.15, 0.2) is 152 Å². The third-order valence-corrected chi connectivity index (χ3v) is 8.55. The van der Waals surface area contributed by atoms with Gasteiger partial charge in [-0.1, -0.05) is 103 Å². The maximum absolute atomic E-state index is 5.07. The first-order chi connectivity index (χ1) is 20.9. The van der Waals surface area contributed by atoms with E-state index in [1.54, 1.807) is 0 Å². The molecular weight excluding hydrogens is 510 g/mol. The van der Waals surface area contributed by atoms with Gasteiger partial charge in [0.05, 0.1) is 22.1 Å². The van der Waals surface area contributed by atoms with Crippen molar-refractivity contribution in [1.29, 1.82) is 0 Å². The minimum Gasteiger partial charge on any atom is -0.309 e. The van der Waals surface area contributed by atoms with E-state index in [2.05, 4.69) is 149 Å². The summed E-state index contributed by atoms with van der Waals surface area (Å²) in [6.45, 7) is 0. The van der Waals surface area contributed by atoms with Crippen LogP contribution in [0.25, 0.3) is 77.0 Å². The van der Waals surface area contributed by atoms with Gasteiger partial charge in [-0.2, -0.15) is 0 Å². The summed E-state index contributed by atoms with van der Waals surface area (Å²) in [5.41, 5.74) is 8.15. The molecule has 0 aliphatic rings. The van der Waals surface area contributed by atoms with E-state index in [0.29, 0.717) is 0 Å². The van der Waals surface area contributed by atoms with Crippen LogP contribution >= 0.6 is 0 Å². The van der Waals surface area contributed by atoms with E-state index >= 15 is 0 Å². The van der Waals surface area contributed by atoms with Crippen LogP contribution in [0.3, 0.4) is 0 Å². The van der Waals surface area contributed by atoms with Crippen LogP contribution in [-0.2, 0) is 0 Å². The highest BCUT2D eigenvalue weighted by atomic mass is 15.1. The lowest BCUT2D eigenvalue weighted by Crippen LogP contribution is -1.98.